The number of carboxylic acids is 2. The predicted octanol–water partition coefficient (Wildman–Crippen LogP) is -1.46. The molecule has 0 saturated heterocycles. The number of rotatable bonds is 3. The molecule has 3 N–H and O–H groups in total. The van der Waals surface area contributed by atoms with Crippen molar-refractivity contribution in [2.24, 2.45) is 0 Å². The first-order valence-corrected chi connectivity index (χ1v) is 2.54. The number of hydrogen-bond donors (Lipinski definition) is 3. The van der Waals surface area contributed by atoms with E-state index >= 15 is 0 Å². The summed E-state index contributed by atoms with van der Waals surface area (Å²) in [5, 5.41) is 25.0. The van der Waals surface area contributed by atoms with E-state index in [0.717, 1.165) is 6.92 Å². The minimum Gasteiger partial charge on any atom is -0.481 e. The first kappa shape index (κ1) is 19.7. The molecule has 0 rings (SSSR count). The van der Waals surface area contributed by atoms with Gasteiger partial charge in [0.25, 0.3) is 0 Å². The van der Waals surface area contributed by atoms with Crippen LogP contribution in [-0.4, -0.2) is 136 Å². The third-order valence-electron chi connectivity index (χ3n) is 0.956. The van der Waals surface area contributed by atoms with Crippen molar-refractivity contribution in [2.75, 3.05) is 0 Å². The molecule has 0 aromatic rings. The number of carbonyl (C=O) groups is 2. The summed E-state index contributed by atoms with van der Waals surface area (Å²) in [5.74, 6) is -2.87. The van der Waals surface area contributed by atoms with E-state index < -0.39 is 24.0 Å². The normalized spacial score (nSPS) is 13.2. The summed E-state index contributed by atoms with van der Waals surface area (Å²) in [6.45, 7) is 0.934. The molecule has 1 atom stereocenters. The van der Waals surface area contributed by atoms with Crippen LogP contribution in [0.5, 0.6) is 0 Å². The Kier molecular flexibility index (Phi) is 13.9. The summed E-state index contributed by atoms with van der Waals surface area (Å²) in [7, 11) is 0. The molecule has 0 fully saturated rings. The van der Waals surface area contributed by atoms with Crippen LogP contribution in [0.2, 0.25) is 0 Å². The molecular formula is C5H8K2O5. The van der Waals surface area contributed by atoms with Crippen molar-refractivity contribution in [3.8, 4) is 0 Å². The fourth-order valence-electron chi connectivity index (χ4n) is 0.370. The van der Waals surface area contributed by atoms with Gasteiger partial charge in [-0.05, 0) is 6.92 Å². The summed E-state index contributed by atoms with van der Waals surface area (Å²) < 4.78 is 0. The molecule has 0 aromatic heterocycles. The van der Waals surface area contributed by atoms with Crippen molar-refractivity contribution in [3.63, 3.8) is 0 Å². The Bertz CT molecular complexity index is 167. The monoisotopic (exact) mass is 226 g/mol. The molecule has 12 heavy (non-hydrogen) atoms. The van der Waals surface area contributed by atoms with Crippen molar-refractivity contribution in [3.05, 3.63) is 0 Å². The van der Waals surface area contributed by atoms with Crippen molar-refractivity contribution in [1.82, 2.24) is 0 Å². The standard InChI is InChI=1S/C5H8O5.2K/c1-5(10,4(8)9)2-3(6)7;;/h10H,2H2,1H3,(H,6,7)(H,8,9);;. The van der Waals surface area contributed by atoms with Gasteiger partial charge in [-0.25, -0.2) is 4.79 Å². The van der Waals surface area contributed by atoms with Crippen LogP contribution in [0.25, 0.3) is 0 Å². The molecule has 7 heteroatoms. The van der Waals surface area contributed by atoms with Crippen LogP contribution in [0.4, 0.5) is 0 Å². The van der Waals surface area contributed by atoms with E-state index in [1.54, 1.807) is 0 Å². The molecule has 0 aliphatic heterocycles. The molecule has 0 heterocycles. The quantitative estimate of drug-likeness (QED) is 0.511. The van der Waals surface area contributed by atoms with E-state index in [9.17, 15) is 9.59 Å². The van der Waals surface area contributed by atoms with Crippen LogP contribution in [0.1, 0.15) is 13.3 Å². The Balaban J connectivity index is -0.000000405. The minimum atomic E-state index is -2.16. The van der Waals surface area contributed by atoms with Crippen molar-refractivity contribution >= 4 is 115 Å². The second-order valence-corrected chi connectivity index (χ2v) is 2.15. The molecule has 60 valence electrons. The van der Waals surface area contributed by atoms with E-state index in [2.05, 4.69) is 0 Å². The topological polar surface area (TPSA) is 94.8 Å². The molecule has 0 aliphatic rings. The van der Waals surface area contributed by atoms with Crippen LogP contribution in [0, 0.1) is 0 Å². The van der Waals surface area contributed by atoms with Gasteiger partial charge in [0.1, 0.15) is 0 Å². The molecule has 0 amide bonds. The van der Waals surface area contributed by atoms with Gasteiger partial charge in [-0.3, -0.25) is 4.79 Å². The fourth-order valence-corrected chi connectivity index (χ4v) is 0.370. The van der Waals surface area contributed by atoms with Gasteiger partial charge in [-0.15, -0.1) is 0 Å². The Morgan fingerprint density at radius 2 is 1.58 bits per heavy atom. The van der Waals surface area contributed by atoms with Crippen LogP contribution in [0.3, 0.4) is 0 Å². The second kappa shape index (κ2) is 8.48. The van der Waals surface area contributed by atoms with Crippen molar-refractivity contribution < 1.29 is 24.9 Å². The molecule has 0 saturated carbocycles. The summed E-state index contributed by atoms with van der Waals surface area (Å²) in [5.41, 5.74) is -2.16. The number of hydrogen-bond acceptors (Lipinski definition) is 3. The fraction of sp³-hybridized carbons (Fsp3) is 0.600. The SMILES string of the molecule is CC(O)(CC(=O)O)C(=O)O.[K].[K]. The summed E-state index contributed by atoms with van der Waals surface area (Å²) in [4.78, 5) is 19.9. The van der Waals surface area contributed by atoms with Gasteiger partial charge in [-0.1, -0.05) is 0 Å². The first-order valence-electron chi connectivity index (χ1n) is 2.54. The molecule has 0 bridgehead atoms. The Labute approximate surface area is 155 Å². The second-order valence-electron chi connectivity index (χ2n) is 2.15. The molecule has 0 spiro atoms. The Hall–Kier alpha value is 2.17. The van der Waals surface area contributed by atoms with Gasteiger partial charge in [0, 0.05) is 103 Å². The Morgan fingerprint density at radius 3 is 1.67 bits per heavy atom. The van der Waals surface area contributed by atoms with Crippen LogP contribution in [0.15, 0.2) is 0 Å². The van der Waals surface area contributed by atoms with Crippen LogP contribution in [-0.2, 0) is 9.59 Å². The Morgan fingerprint density at radius 1 is 1.25 bits per heavy atom. The summed E-state index contributed by atoms with van der Waals surface area (Å²) in [6.07, 6.45) is -0.789. The molecule has 0 aliphatic carbocycles. The van der Waals surface area contributed by atoms with Gasteiger partial charge in [0.2, 0.25) is 0 Å². The van der Waals surface area contributed by atoms with Gasteiger partial charge < -0.3 is 15.3 Å². The smallest absolute Gasteiger partial charge is 0.335 e. The zero-order chi connectivity index (χ0) is 8.36. The number of aliphatic carboxylic acids is 2. The van der Waals surface area contributed by atoms with E-state index in [1.165, 1.54) is 0 Å². The summed E-state index contributed by atoms with van der Waals surface area (Å²) in [6, 6.07) is 0. The molecule has 2 radical (unpaired) electrons. The predicted molar refractivity (Wildman–Crippen MR) is 42.0 cm³/mol. The van der Waals surface area contributed by atoms with Gasteiger partial charge in [0.15, 0.2) is 5.60 Å². The largest absolute Gasteiger partial charge is 0.481 e. The maximum absolute atomic E-state index is 10.0. The zero-order valence-corrected chi connectivity index (χ0v) is 13.6. The average molecular weight is 226 g/mol. The minimum absolute atomic E-state index is 0. The molecular weight excluding hydrogens is 218 g/mol. The van der Waals surface area contributed by atoms with Crippen LogP contribution < -0.4 is 0 Å². The van der Waals surface area contributed by atoms with Crippen molar-refractivity contribution in [2.45, 2.75) is 18.9 Å². The first-order chi connectivity index (χ1) is 4.36. The number of aliphatic hydroxyl groups is 1. The van der Waals surface area contributed by atoms with Crippen molar-refractivity contribution in [1.29, 1.82) is 0 Å². The number of carboxylic acid groups (broad SMARTS) is 2. The van der Waals surface area contributed by atoms with Gasteiger partial charge >= 0.3 is 11.9 Å². The zero-order valence-electron chi connectivity index (χ0n) is 7.37. The maximum atomic E-state index is 10.0. The third kappa shape index (κ3) is 8.76. The average Bonchev–Trinajstić information content (AvgIpc) is 1.60. The summed E-state index contributed by atoms with van der Waals surface area (Å²) >= 11 is 0. The third-order valence-corrected chi connectivity index (χ3v) is 0.956. The molecule has 1 unspecified atom stereocenters. The maximum Gasteiger partial charge on any atom is 0.335 e. The van der Waals surface area contributed by atoms with Crippen LogP contribution >= 0.6 is 0 Å². The molecule has 0 aromatic carbocycles. The van der Waals surface area contributed by atoms with E-state index in [0.29, 0.717) is 0 Å². The molecule has 5 nitrogen and oxygen atoms in total. The van der Waals surface area contributed by atoms with E-state index in [-0.39, 0.29) is 103 Å². The van der Waals surface area contributed by atoms with E-state index in [4.69, 9.17) is 15.3 Å². The van der Waals surface area contributed by atoms with Gasteiger partial charge in [0.05, 0.1) is 6.42 Å². The van der Waals surface area contributed by atoms with Gasteiger partial charge in [-0.2, -0.15) is 0 Å². The van der Waals surface area contributed by atoms with E-state index in [1.807, 2.05) is 0 Å².